The minimum absolute atomic E-state index is 0.238. The van der Waals surface area contributed by atoms with Gasteiger partial charge in [0.2, 0.25) is 0 Å². The van der Waals surface area contributed by atoms with Crippen molar-refractivity contribution in [2.45, 2.75) is 25.2 Å². The molecular formula is C19H20N4O3. The highest BCUT2D eigenvalue weighted by Crippen LogP contribution is 2.39. The number of hydrogen-bond acceptors (Lipinski definition) is 5. The second-order valence-electron chi connectivity index (χ2n) is 6.28. The van der Waals surface area contributed by atoms with Crippen LogP contribution in [-0.4, -0.2) is 46.8 Å². The van der Waals surface area contributed by atoms with Crippen LogP contribution in [0, 0.1) is 11.3 Å². The summed E-state index contributed by atoms with van der Waals surface area (Å²) in [5.74, 6) is -0.540. The maximum Gasteiger partial charge on any atom is 0.357 e. The van der Waals surface area contributed by atoms with Crippen molar-refractivity contribution >= 4 is 11.9 Å². The Morgan fingerprint density at radius 2 is 2.08 bits per heavy atom. The average molecular weight is 352 g/mol. The van der Waals surface area contributed by atoms with E-state index in [-0.39, 0.29) is 18.9 Å². The summed E-state index contributed by atoms with van der Waals surface area (Å²) in [5.41, 5.74) is 1.95. The molecular weight excluding hydrogens is 332 g/mol. The molecule has 1 saturated carbocycles. The van der Waals surface area contributed by atoms with Crippen molar-refractivity contribution in [2.75, 3.05) is 20.2 Å². The van der Waals surface area contributed by atoms with Crippen molar-refractivity contribution in [2.24, 2.45) is 0 Å². The van der Waals surface area contributed by atoms with Gasteiger partial charge in [-0.15, -0.1) is 0 Å². The van der Waals surface area contributed by atoms with Crippen LogP contribution in [0.4, 0.5) is 0 Å². The van der Waals surface area contributed by atoms with Crippen molar-refractivity contribution in [3.05, 3.63) is 47.8 Å². The van der Waals surface area contributed by atoms with Crippen LogP contribution in [0.5, 0.6) is 0 Å². The molecule has 1 aliphatic carbocycles. The molecule has 0 unspecified atom stereocenters. The summed E-state index contributed by atoms with van der Waals surface area (Å²) in [7, 11) is 1.58. The molecule has 1 aliphatic rings. The van der Waals surface area contributed by atoms with Crippen molar-refractivity contribution in [1.29, 1.82) is 5.26 Å². The van der Waals surface area contributed by atoms with Crippen LogP contribution < -0.4 is 0 Å². The van der Waals surface area contributed by atoms with Crippen molar-refractivity contribution in [3.8, 4) is 11.8 Å². The summed E-state index contributed by atoms with van der Waals surface area (Å²) in [5, 5.41) is 13.1. The Hall–Kier alpha value is -3.14. The molecule has 26 heavy (non-hydrogen) atoms. The average Bonchev–Trinajstić information content (AvgIpc) is 3.42. The lowest BCUT2D eigenvalue weighted by molar-refractivity contribution is -0.133. The molecule has 0 bridgehead atoms. The molecule has 134 valence electrons. The first-order valence-corrected chi connectivity index (χ1v) is 8.53. The predicted molar refractivity (Wildman–Crippen MR) is 93.7 cm³/mol. The second-order valence-corrected chi connectivity index (χ2v) is 6.28. The normalized spacial score (nSPS) is 13.1. The number of para-hydroxylation sites is 1. The summed E-state index contributed by atoms with van der Waals surface area (Å²) in [6, 6.07) is 13.1. The van der Waals surface area contributed by atoms with Crippen LogP contribution in [0.15, 0.2) is 36.4 Å². The van der Waals surface area contributed by atoms with Gasteiger partial charge in [0.1, 0.15) is 0 Å². The summed E-state index contributed by atoms with van der Waals surface area (Å²) in [4.78, 5) is 25.9. The summed E-state index contributed by atoms with van der Waals surface area (Å²) in [6.07, 6.45) is 2.38. The van der Waals surface area contributed by atoms with E-state index < -0.39 is 5.97 Å². The zero-order valence-electron chi connectivity index (χ0n) is 14.6. The second kappa shape index (κ2) is 7.83. The van der Waals surface area contributed by atoms with E-state index in [0.717, 1.165) is 24.2 Å². The van der Waals surface area contributed by atoms with Gasteiger partial charge in [-0.25, -0.2) is 9.48 Å². The molecule has 0 saturated heterocycles. The van der Waals surface area contributed by atoms with Crippen LogP contribution in [0.3, 0.4) is 0 Å². The van der Waals surface area contributed by atoms with Crippen LogP contribution in [0.1, 0.15) is 41.4 Å². The Balaban J connectivity index is 1.72. The highest BCUT2D eigenvalue weighted by Gasteiger charge is 2.29. The third kappa shape index (κ3) is 4.09. The number of nitrogens with zero attached hydrogens (tertiary/aromatic N) is 4. The zero-order chi connectivity index (χ0) is 18.5. The Morgan fingerprint density at radius 1 is 1.35 bits per heavy atom. The van der Waals surface area contributed by atoms with Gasteiger partial charge in [0, 0.05) is 19.5 Å². The Labute approximate surface area is 151 Å². The molecule has 0 N–H and O–H groups in total. The third-order valence-electron chi connectivity index (χ3n) is 4.25. The Bertz CT molecular complexity index is 834. The van der Waals surface area contributed by atoms with Crippen molar-refractivity contribution in [3.63, 3.8) is 0 Å². The lowest BCUT2D eigenvalue weighted by atomic mass is 10.2. The summed E-state index contributed by atoms with van der Waals surface area (Å²) >= 11 is 0. The minimum Gasteiger partial charge on any atom is -0.451 e. The summed E-state index contributed by atoms with van der Waals surface area (Å²) in [6.45, 7) is -0.0554. The van der Waals surface area contributed by atoms with E-state index in [1.807, 2.05) is 36.4 Å². The number of likely N-dealkylation sites (N-methyl/N-ethyl adjacent to an activating group) is 1. The fourth-order valence-corrected chi connectivity index (χ4v) is 2.54. The molecule has 1 fully saturated rings. The largest absolute Gasteiger partial charge is 0.451 e. The number of benzene rings is 1. The fourth-order valence-electron chi connectivity index (χ4n) is 2.54. The molecule has 0 spiro atoms. The van der Waals surface area contributed by atoms with Gasteiger partial charge >= 0.3 is 5.97 Å². The van der Waals surface area contributed by atoms with Gasteiger partial charge in [0.15, 0.2) is 12.3 Å². The third-order valence-corrected chi connectivity index (χ3v) is 4.25. The van der Waals surface area contributed by atoms with Crippen molar-refractivity contribution in [1.82, 2.24) is 14.7 Å². The number of ether oxygens (including phenoxy) is 1. The SMILES string of the molecule is CN(CCC#N)C(=O)COC(=O)c1cc(C2CC2)nn1-c1ccccc1. The summed E-state index contributed by atoms with van der Waals surface area (Å²) < 4.78 is 6.76. The van der Waals surface area contributed by atoms with E-state index in [9.17, 15) is 9.59 Å². The number of aromatic nitrogens is 2. The van der Waals surface area contributed by atoms with Gasteiger partial charge in [-0.1, -0.05) is 18.2 Å². The van der Waals surface area contributed by atoms with Gasteiger partial charge in [0.25, 0.3) is 5.91 Å². The van der Waals surface area contributed by atoms with Crippen LogP contribution in [0.2, 0.25) is 0 Å². The van der Waals surface area contributed by atoms with Gasteiger partial charge in [-0.2, -0.15) is 10.4 Å². The molecule has 0 atom stereocenters. The maximum absolute atomic E-state index is 12.5. The standard InChI is InChI=1S/C19H20N4O3/c1-22(11-5-10-20)18(24)13-26-19(25)17-12-16(14-8-9-14)21-23(17)15-6-3-2-4-7-15/h2-4,6-7,12,14H,5,8-9,11,13H2,1H3. The zero-order valence-corrected chi connectivity index (χ0v) is 14.6. The number of carbonyl (C=O) groups excluding carboxylic acids is 2. The van der Waals surface area contributed by atoms with Crippen LogP contribution in [0.25, 0.3) is 5.69 Å². The molecule has 0 radical (unpaired) electrons. The fraction of sp³-hybridized carbons (Fsp3) is 0.368. The van der Waals surface area contributed by atoms with E-state index in [0.29, 0.717) is 18.2 Å². The molecule has 7 heteroatoms. The number of esters is 1. The first-order valence-electron chi connectivity index (χ1n) is 8.53. The maximum atomic E-state index is 12.5. The van der Waals surface area contributed by atoms with E-state index in [2.05, 4.69) is 5.10 Å². The number of carbonyl (C=O) groups is 2. The van der Waals surface area contributed by atoms with Gasteiger partial charge < -0.3 is 9.64 Å². The molecule has 1 aromatic heterocycles. The smallest absolute Gasteiger partial charge is 0.357 e. The lowest BCUT2D eigenvalue weighted by Gasteiger charge is -2.15. The van der Waals surface area contributed by atoms with E-state index in [1.165, 1.54) is 4.90 Å². The Kier molecular flexibility index (Phi) is 5.32. The quantitative estimate of drug-likeness (QED) is 0.713. The molecule has 2 aromatic rings. The predicted octanol–water partition coefficient (Wildman–Crippen LogP) is 2.28. The molecule has 3 rings (SSSR count). The molecule has 0 aliphatic heterocycles. The van der Waals surface area contributed by atoms with E-state index >= 15 is 0 Å². The number of rotatable bonds is 7. The van der Waals surface area contributed by atoms with Gasteiger partial charge in [-0.3, -0.25) is 4.79 Å². The number of amides is 1. The van der Waals surface area contributed by atoms with Gasteiger partial charge in [0.05, 0.1) is 23.9 Å². The molecule has 1 aromatic carbocycles. The first kappa shape index (κ1) is 17.7. The van der Waals surface area contributed by atoms with Crippen molar-refractivity contribution < 1.29 is 14.3 Å². The minimum atomic E-state index is -0.588. The van der Waals surface area contributed by atoms with Gasteiger partial charge in [-0.05, 0) is 31.0 Å². The monoisotopic (exact) mass is 352 g/mol. The Morgan fingerprint density at radius 3 is 2.73 bits per heavy atom. The van der Waals surface area contributed by atoms with E-state index in [1.54, 1.807) is 17.8 Å². The highest BCUT2D eigenvalue weighted by molar-refractivity contribution is 5.90. The van der Waals surface area contributed by atoms with E-state index in [4.69, 9.17) is 10.00 Å². The lowest BCUT2D eigenvalue weighted by Crippen LogP contribution is -2.32. The van der Waals surface area contributed by atoms with Crippen LogP contribution >= 0.6 is 0 Å². The first-order chi connectivity index (χ1) is 12.6. The highest BCUT2D eigenvalue weighted by atomic mass is 16.5. The topological polar surface area (TPSA) is 88.2 Å². The number of nitriles is 1. The molecule has 1 amide bonds. The van der Waals surface area contributed by atoms with Crippen LogP contribution in [-0.2, 0) is 9.53 Å². The molecule has 1 heterocycles. The number of hydrogen-bond donors (Lipinski definition) is 0. The molecule has 7 nitrogen and oxygen atoms in total.